The molecule has 0 amide bonds. The van der Waals surface area contributed by atoms with Crippen molar-refractivity contribution in [1.29, 1.82) is 0 Å². The van der Waals surface area contributed by atoms with Gasteiger partial charge in [-0.3, -0.25) is 0 Å². The molecule has 1 aliphatic rings. The fraction of sp³-hybridized carbons (Fsp3) is 0.562. The van der Waals surface area contributed by atoms with Crippen LogP contribution in [0.25, 0.3) is 0 Å². The van der Waals surface area contributed by atoms with Crippen molar-refractivity contribution in [2.75, 3.05) is 13.7 Å². The molecule has 0 N–H and O–H groups in total. The number of epoxide rings is 1. The largest absolute Gasteiger partial charge is 0.496 e. The molecule has 20 heavy (non-hydrogen) atoms. The van der Waals surface area contributed by atoms with Crippen molar-refractivity contribution >= 4 is 5.97 Å². The Balaban J connectivity index is 2.43. The first-order valence-electron chi connectivity index (χ1n) is 6.97. The number of ether oxygens (including phenoxy) is 3. The summed E-state index contributed by atoms with van der Waals surface area (Å²) in [5.74, 6) is 0.436. The van der Waals surface area contributed by atoms with E-state index < -0.39 is 11.2 Å². The van der Waals surface area contributed by atoms with Crippen molar-refractivity contribution in [2.24, 2.45) is 0 Å². The van der Waals surface area contributed by atoms with Crippen LogP contribution in [0.15, 0.2) is 18.2 Å². The number of hydrogen-bond acceptors (Lipinski definition) is 4. The molecule has 1 heterocycles. The van der Waals surface area contributed by atoms with Gasteiger partial charge in [0.05, 0.1) is 13.7 Å². The Morgan fingerprint density at radius 3 is 2.60 bits per heavy atom. The van der Waals surface area contributed by atoms with Crippen LogP contribution < -0.4 is 4.74 Å². The topological polar surface area (TPSA) is 48.1 Å². The quantitative estimate of drug-likeness (QED) is 0.613. The molecule has 4 heteroatoms. The molecule has 0 saturated carbocycles. The van der Waals surface area contributed by atoms with Crippen molar-refractivity contribution in [3.63, 3.8) is 0 Å². The Morgan fingerprint density at radius 1 is 1.35 bits per heavy atom. The zero-order chi connectivity index (χ0) is 15.0. The van der Waals surface area contributed by atoms with Gasteiger partial charge < -0.3 is 14.2 Å². The second kappa shape index (κ2) is 5.09. The lowest BCUT2D eigenvalue weighted by molar-refractivity contribution is -0.149. The minimum Gasteiger partial charge on any atom is -0.496 e. The average Bonchev–Trinajstić information content (AvgIpc) is 3.07. The van der Waals surface area contributed by atoms with Crippen LogP contribution >= 0.6 is 0 Å². The highest BCUT2D eigenvalue weighted by Crippen LogP contribution is 2.60. The fourth-order valence-electron chi connectivity index (χ4n) is 2.83. The van der Waals surface area contributed by atoms with Gasteiger partial charge in [-0.25, -0.2) is 4.79 Å². The van der Waals surface area contributed by atoms with Crippen LogP contribution in [0.5, 0.6) is 5.75 Å². The van der Waals surface area contributed by atoms with Crippen molar-refractivity contribution < 1.29 is 19.0 Å². The van der Waals surface area contributed by atoms with E-state index in [-0.39, 0.29) is 5.97 Å². The molecule has 0 spiro atoms. The summed E-state index contributed by atoms with van der Waals surface area (Å²) >= 11 is 0. The van der Waals surface area contributed by atoms with Crippen LogP contribution in [0.4, 0.5) is 0 Å². The number of rotatable bonds is 5. The molecule has 0 radical (unpaired) electrons. The Morgan fingerprint density at radius 2 is 2.05 bits per heavy atom. The number of carbonyl (C=O) groups is 1. The highest BCUT2D eigenvalue weighted by molar-refractivity contribution is 5.85. The molecule has 0 aromatic heterocycles. The number of aryl methyl sites for hydroxylation is 1. The molecule has 1 aliphatic heterocycles. The van der Waals surface area contributed by atoms with E-state index >= 15 is 0 Å². The van der Waals surface area contributed by atoms with Crippen LogP contribution in [0.2, 0.25) is 0 Å². The van der Waals surface area contributed by atoms with Gasteiger partial charge in [0, 0.05) is 5.56 Å². The molecule has 2 atom stereocenters. The molecular weight excluding hydrogens is 256 g/mol. The lowest BCUT2D eigenvalue weighted by Crippen LogP contribution is -2.33. The first-order chi connectivity index (χ1) is 9.45. The summed E-state index contributed by atoms with van der Waals surface area (Å²) in [5.41, 5.74) is 0.413. The summed E-state index contributed by atoms with van der Waals surface area (Å²) in [6, 6.07) is 5.89. The summed E-state index contributed by atoms with van der Waals surface area (Å²) in [6.45, 7) is 8.01. The van der Waals surface area contributed by atoms with Gasteiger partial charge in [-0.05, 0) is 39.3 Å². The molecule has 110 valence electrons. The summed E-state index contributed by atoms with van der Waals surface area (Å²) < 4.78 is 16.5. The van der Waals surface area contributed by atoms with Crippen LogP contribution in [-0.2, 0) is 19.9 Å². The van der Waals surface area contributed by atoms with Crippen molar-refractivity contribution in [3.05, 3.63) is 29.3 Å². The normalized spacial score (nSPS) is 28.1. The predicted molar refractivity (Wildman–Crippen MR) is 75.8 cm³/mol. The lowest BCUT2D eigenvalue weighted by Gasteiger charge is -2.17. The Bertz CT molecular complexity index is 525. The van der Waals surface area contributed by atoms with Crippen LogP contribution in [0, 0.1) is 6.92 Å². The molecular formula is C16H22O4. The summed E-state index contributed by atoms with van der Waals surface area (Å²) in [4.78, 5) is 12.2. The number of esters is 1. The Labute approximate surface area is 120 Å². The summed E-state index contributed by atoms with van der Waals surface area (Å²) in [5, 5.41) is 0. The first kappa shape index (κ1) is 14.9. The first-order valence-corrected chi connectivity index (χ1v) is 6.97. The number of methoxy groups -OCH3 is 1. The van der Waals surface area contributed by atoms with Gasteiger partial charge in [-0.1, -0.05) is 18.6 Å². The maximum absolute atomic E-state index is 12.2. The molecule has 2 unspecified atom stereocenters. The third-order valence-electron chi connectivity index (χ3n) is 4.08. The zero-order valence-electron chi connectivity index (χ0n) is 12.8. The summed E-state index contributed by atoms with van der Waals surface area (Å²) in [7, 11) is 1.62. The van der Waals surface area contributed by atoms with Crippen LogP contribution in [-0.4, -0.2) is 25.3 Å². The molecule has 1 aromatic carbocycles. The van der Waals surface area contributed by atoms with Crippen molar-refractivity contribution in [3.8, 4) is 5.75 Å². The Hall–Kier alpha value is -1.55. The molecule has 0 aliphatic carbocycles. The standard InChI is InChI=1S/C16H22O4/c1-6-16(14(17)19-7-2)15(4,20-16)12-10-11(3)8-9-13(12)18-5/h8-10H,6-7H2,1-5H3. The number of carbonyl (C=O) groups excluding carboxylic acids is 1. The second-order valence-corrected chi connectivity index (χ2v) is 5.24. The highest BCUT2D eigenvalue weighted by atomic mass is 16.7. The fourth-order valence-corrected chi connectivity index (χ4v) is 2.83. The zero-order valence-corrected chi connectivity index (χ0v) is 12.8. The molecule has 4 nitrogen and oxygen atoms in total. The van der Waals surface area contributed by atoms with E-state index in [4.69, 9.17) is 14.2 Å². The minimum atomic E-state index is -0.899. The van der Waals surface area contributed by atoms with Gasteiger partial charge in [0.25, 0.3) is 0 Å². The van der Waals surface area contributed by atoms with E-state index in [1.165, 1.54) is 0 Å². The lowest BCUT2D eigenvalue weighted by atomic mass is 9.84. The monoisotopic (exact) mass is 278 g/mol. The number of hydrogen-bond donors (Lipinski definition) is 0. The highest BCUT2D eigenvalue weighted by Gasteiger charge is 2.73. The third-order valence-corrected chi connectivity index (χ3v) is 4.08. The van der Waals surface area contributed by atoms with Crippen molar-refractivity contribution in [1.82, 2.24) is 0 Å². The summed E-state index contributed by atoms with van der Waals surface area (Å²) in [6.07, 6.45) is 0.569. The van der Waals surface area contributed by atoms with E-state index in [1.54, 1.807) is 14.0 Å². The van der Waals surface area contributed by atoms with E-state index in [1.807, 2.05) is 39.0 Å². The smallest absolute Gasteiger partial charge is 0.341 e. The van der Waals surface area contributed by atoms with Gasteiger partial charge in [0.1, 0.15) is 11.4 Å². The maximum Gasteiger partial charge on any atom is 0.341 e. The van der Waals surface area contributed by atoms with E-state index in [0.717, 1.165) is 16.9 Å². The number of benzene rings is 1. The molecule has 0 bridgehead atoms. The van der Waals surface area contributed by atoms with Crippen molar-refractivity contribution in [2.45, 2.75) is 45.3 Å². The van der Waals surface area contributed by atoms with Crippen LogP contribution in [0.3, 0.4) is 0 Å². The molecule has 1 fully saturated rings. The van der Waals surface area contributed by atoms with E-state index in [2.05, 4.69) is 0 Å². The predicted octanol–water partition coefficient (Wildman–Crippen LogP) is 2.96. The van der Waals surface area contributed by atoms with Gasteiger partial charge >= 0.3 is 5.97 Å². The average molecular weight is 278 g/mol. The van der Waals surface area contributed by atoms with E-state index in [0.29, 0.717) is 13.0 Å². The molecule has 1 aromatic rings. The SMILES string of the molecule is CCOC(=O)C1(CC)OC1(C)c1cc(C)ccc1OC. The molecule has 1 saturated heterocycles. The van der Waals surface area contributed by atoms with E-state index in [9.17, 15) is 4.79 Å². The van der Waals surface area contributed by atoms with Gasteiger partial charge in [-0.15, -0.1) is 0 Å². The van der Waals surface area contributed by atoms with Crippen LogP contribution in [0.1, 0.15) is 38.3 Å². The third kappa shape index (κ3) is 1.99. The maximum atomic E-state index is 12.2. The van der Waals surface area contributed by atoms with Gasteiger partial charge in [-0.2, -0.15) is 0 Å². The molecule has 2 rings (SSSR count). The van der Waals surface area contributed by atoms with Gasteiger partial charge in [0.2, 0.25) is 0 Å². The minimum absolute atomic E-state index is 0.298. The second-order valence-electron chi connectivity index (χ2n) is 5.24. The Kier molecular flexibility index (Phi) is 3.78. The van der Waals surface area contributed by atoms with Gasteiger partial charge in [0.15, 0.2) is 5.60 Å².